The number of nitrogens with zero attached hydrogens (tertiary/aromatic N) is 2. The van der Waals surface area contributed by atoms with E-state index in [-0.39, 0.29) is 42.9 Å². The Labute approximate surface area is 158 Å². The molecule has 1 atom stereocenters. The van der Waals surface area contributed by atoms with Gasteiger partial charge in [-0.15, -0.1) is 12.4 Å². The Balaban J connectivity index is 0.00000243. The standard InChI is InChI=1S/C18H25F2N3O2.ClH/c1-13-5-9-22(11-14-4-2-7-21-10-14)16(24)15(13)17(25)23-8-3-6-18(19,20)12-23;/h5,9,14,21H,2-4,6-8,10-12H2,1H3;1H. The zero-order chi connectivity index (χ0) is 18.0. The molecule has 3 rings (SSSR count). The van der Waals surface area contributed by atoms with Gasteiger partial charge >= 0.3 is 0 Å². The van der Waals surface area contributed by atoms with Crippen molar-refractivity contribution in [2.45, 2.75) is 45.1 Å². The van der Waals surface area contributed by atoms with Crippen molar-refractivity contribution in [1.82, 2.24) is 14.8 Å². The van der Waals surface area contributed by atoms with Crippen LogP contribution >= 0.6 is 12.4 Å². The number of likely N-dealkylation sites (tertiary alicyclic amines) is 1. The molecular formula is C18H26ClF2N3O2. The summed E-state index contributed by atoms with van der Waals surface area (Å²) in [5.74, 6) is -3.10. The maximum atomic E-state index is 13.6. The van der Waals surface area contributed by atoms with E-state index in [2.05, 4.69) is 5.32 Å². The molecule has 2 aliphatic rings. The average Bonchev–Trinajstić information content (AvgIpc) is 2.57. The third kappa shape index (κ3) is 4.62. The monoisotopic (exact) mass is 389 g/mol. The summed E-state index contributed by atoms with van der Waals surface area (Å²) in [4.78, 5) is 26.7. The Hall–Kier alpha value is -1.47. The highest BCUT2D eigenvalue weighted by molar-refractivity contribution is 5.95. The third-order valence-electron chi connectivity index (χ3n) is 5.12. The van der Waals surface area contributed by atoms with Crippen LogP contribution in [0.5, 0.6) is 0 Å². The second-order valence-electron chi connectivity index (χ2n) is 7.23. The molecule has 5 nitrogen and oxygen atoms in total. The summed E-state index contributed by atoms with van der Waals surface area (Å²) in [5.41, 5.74) is 0.204. The van der Waals surface area contributed by atoms with Gasteiger partial charge in [-0.2, -0.15) is 0 Å². The van der Waals surface area contributed by atoms with Gasteiger partial charge in [0, 0.05) is 25.7 Å². The van der Waals surface area contributed by atoms with Crippen LogP contribution in [-0.2, 0) is 6.54 Å². The average molecular weight is 390 g/mol. The first kappa shape index (κ1) is 20.8. The quantitative estimate of drug-likeness (QED) is 0.864. The number of aryl methyl sites for hydroxylation is 1. The fraction of sp³-hybridized carbons (Fsp3) is 0.667. The van der Waals surface area contributed by atoms with E-state index in [0.29, 0.717) is 18.0 Å². The predicted molar refractivity (Wildman–Crippen MR) is 98.4 cm³/mol. The highest BCUT2D eigenvalue weighted by Gasteiger charge is 2.38. The number of piperidine rings is 2. The Morgan fingerprint density at radius 2 is 2.15 bits per heavy atom. The van der Waals surface area contributed by atoms with E-state index >= 15 is 0 Å². The molecule has 0 bridgehead atoms. The second-order valence-corrected chi connectivity index (χ2v) is 7.23. The van der Waals surface area contributed by atoms with E-state index in [4.69, 9.17) is 0 Å². The summed E-state index contributed by atoms with van der Waals surface area (Å²) in [6.45, 7) is 3.74. The van der Waals surface area contributed by atoms with Gasteiger partial charge in [-0.1, -0.05) is 0 Å². The van der Waals surface area contributed by atoms with E-state index < -0.39 is 18.4 Å². The third-order valence-corrected chi connectivity index (χ3v) is 5.12. The number of pyridine rings is 1. The summed E-state index contributed by atoms with van der Waals surface area (Å²) in [5, 5.41) is 3.31. The lowest BCUT2D eigenvalue weighted by Gasteiger charge is -2.32. The normalized spacial score (nSPS) is 22.6. The zero-order valence-corrected chi connectivity index (χ0v) is 15.8. The largest absolute Gasteiger partial charge is 0.332 e. The van der Waals surface area contributed by atoms with Crippen LogP contribution in [0.4, 0.5) is 8.78 Å². The Bertz CT molecular complexity index is 702. The van der Waals surface area contributed by atoms with Crippen LogP contribution in [0.25, 0.3) is 0 Å². The van der Waals surface area contributed by atoms with Crippen molar-refractivity contribution in [3.05, 3.63) is 33.7 Å². The number of carbonyl (C=O) groups excluding carboxylic acids is 1. The van der Waals surface area contributed by atoms with Gasteiger partial charge in [-0.05, 0) is 56.8 Å². The first-order chi connectivity index (χ1) is 11.9. The molecule has 1 aromatic heterocycles. The highest BCUT2D eigenvalue weighted by Crippen LogP contribution is 2.27. The number of carbonyl (C=O) groups is 1. The van der Waals surface area contributed by atoms with E-state index in [0.717, 1.165) is 30.8 Å². The number of hydrogen-bond acceptors (Lipinski definition) is 3. The molecule has 0 saturated carbocycles. The van der Waals surface area contributed by atoms with Crippen molar-refractivity contribution in [2.24, 2.45) is 5.92 Å². The van der Waals surface area contributed by atoms with Gasteiger partial charge < -0.3 is 14.8 Å². The summed E-state index contributed by atoms with van der Waals surface area (Å²) >= 11 is 0. The maximum absolute atomic E-state index is 13.6. The fourth-order valence-corrected chi connectivity index (χ4v) is 3.72. The topological polar surface area (TPSA) is 54.3 Å². The van der Waals surface area contributed by atoms with Crippen LogP contribution in [0.15, 0.2) is 17.1 Å². The number of aromatic nitrogens is 1. The van der Waals surface area contributed by atoms with Crippen molar-refractivity contribution < 1.29 is 13.6 Å². The first-order valence-electron chi connectivity index (χ1n) is 8.95. The van der Waals surface area contributed by atoms with Crippen molar-refractivity contribution in [3.8, 4) is 0 Å². The molecule has 0 aliphatic carbocycles. The van der Waals surface area contributed by atoms with Crippen molar-refractivity contribution >= 4 is 18.3 Å². The molecule has 3 heterocycles. The molecule has 1 unspecified atom stereocenters. The molecule has 8 heteroatoms. The highest BCUT2D eigenvalue weighted by atomic mass is 35.5. The molecule has 1 N–H and O–H groups in total. The number of halogens is 3. The number of rotatable bonds is 3. The van der Waals surface area contributed by atoms with E-state index in [1.54, 1.807) is 23.8 Å². The summed E-state index contributed by atoms with van der Waals surface area (Å²) in [7, 11) is 0. The molecule has 1 amide bonds. The number of alkyl halides is 2. The fourth-order valence-electron chi connectivity index (χ4n) is 3.72. The van der Waals surface area contributed by atoms with Gasteiger partial charge in [0.1, 0.15) is 5.56 Å². The minimum absolute atomic E-state index is 0. The number of amides is 1. The van der Waals surface area contributed by atoms with Gasteiger partial charge in [0.25, 0.3) is 17.4 Å². The minimum Gasteiger partial charge on any atom is -0.332 e. The van der Waals surface area contributed by atoms with Gasteiger partial charge in [-0.3, -0.25) is 9.59 Å². The van der Waals surface area contributed by atoms with Crippen LogP contribution in [0, 0.1) is 12.8 Å². The predicted octanol–water partition coefficient (Wildman–Crippen LogP) is 2.45. The van der Waals surface area contributed by atoms with Crippen LogP contribution in [0.3, 0.4) is 0 Å². The summed E-state index contributed by atoms with van der Waals surface area (Å²) < 4.78 is 28.8. The lowest BCUT2D eigenvalue weighted by atomic mass is 9.99. The molecule has 0 radical (unpaired) electrons. The van der Waals surface area contributed by atoms with Crippen LogP contribution in [0.2, 0.25) is 0 Å². The molecule has 2 aliphatic heterocycles. The minimum atomic E-state index is -2.87. The SMILES string of the molecule is Cc1ccn(CC2CCCNC2)c(=O)c1C(=O)N1CCCC(F)(F)C1.Cl. The molecular weight excluding hydrogens is 364 g/mol. The molecule has 0 aromatic carbocycles. The van der Waals surface area contributed by atoms with Gasteiger partial charge in [0.05, 0.1) is 6.54 Å². The Morgan fingerprint density at radius 1 is 1.38 bits per heavy atom. The van der Waals surface area contributed by atoms with E-state index in [9.17, 15) is 18.4 Å². The Kier molecular flexibility index (Phi) is 6.80. The van der Waals surface area contributed by atoms with Gasteiger partial charge in [0.2, 0.25) is 0 Å². The lowest BCUT2D eigenvalue weighted by molar-refractivity contribution is -0.0561. The molecule has 1 aromatic rings. The number of nitrogens with one attached hydrogen (secondary N) is 1. The molecule has 26 heavy (non-hydrogen) atoms. The van der Waals surface area contributed by atoms with Gasteiger partial charge in [-0.25, -0.2) is 8.78 Å². The first-order valence-corrected chi connectivity index (χ1v) is 8.95. The molecule has 146 valence electrons. The van der Waals surface area contributed by atoms with E-state index in [1.807, 2.05) is 0 Å². The number of hydrogen-bond donors (Lipinski definition) is 1. The molecule has 2 saturated heterocycles. The van der Waals surface area contributed by atoms with Crippen molar-refractivity contribution in [2.75, 3.05) is 26.2 Å². The van der Waals surface area contributed by atoms with E-state index in [1.165, 1.54) is 0 Å². The van der Waals surface area contributed by atoms with Crippen molar-refractivity contribution in [3.63, 3.8) is 0 Å². The summed E-state index contributed by atoms with van der Waals surface area (Å²) in [6, 6.07) is 1.73. The van der Waals surface area contributed by atoms with Crippen LogP contribution in [-0.4, -0.2) is 47.5 Å². The van der Waals surface area contributed by atoms with Crippen molar-refractivity contribution in [1.29, 1.82) is 0 Å². The zero-order valence-electron chi connectivity index (χ0n) is 15.0. The molecule has 0 spiro atoms. The lowest BCUT2D eigenvalue weighted by Crippen LogP contribution is -2.47. The van der Waals surface area contributed by atoms with Gasteiger partial charge in [0.15, 0.2) is 0 Å². The smallest absolute Gasteiger partial charge is 0.265 e. The summed E-state index contributed by atoms with van der Waals surface area (Å²) in [6.07, 6.45) is 3.86. The Morgan fingerprint density at radius 3 is 2.81 bits per heavy atom. The maximum Gasteiger partial charge on any atom is 0.265 e. The van der Waals surface area contributed by atoms with Crippen LogP contribution < -0.4 is 10.9 Å². The second kappa shape index (κ2) is 8.48. The van der Waals surface area contributed by atoms with Crippen LogP contribution in [0.1, 0.15) is 41.6 Å². The molecule has 2 fully saturated rings.